The summed E-state index contributed by atoms with van der Waals surface area (Å²) in [5, 5.41) is 6.65. The Kier molecular flexibility index (Phi) is 7.18. The Balaban J connectivity index is 1.67. The highest BCUT2D eigenvalue weighted by Crippen LogP contribution is 2.21. The minimum absolute atomic E-state index is 0.609. The van der Waals surface area contributed by atoms with Crippen LogP contribution in [0.25, 0.3) is 11.3 Å². The van der Waals surface area contributed by atoms with Gasteiger partial charge in [-0.2, -0.15) is 4.98 Å². The summed E-state index contributed by atoms with van der Waals surface area (Å²) in [4.78, 5) is 11.6. The highest BCUT2D eigenvalue weighted by molar-refractivity contribution is 5.64. The molecule has 0 amide bonds. The van der Waals surface area contributed by atoms with E-state index in [1.54, 1.807) is 7.11 Å². The fraction of sp³-hybridized carbons (Fsp3) is 0.474. The van der Waals surface area contributed by atoms with E-state index >= 15 is 0 Å². The normalized spacial score (nSPS) is 15.0. The Hall–Kier alpha value is -2.22. The van der Waals surface area contributed by atoms with Crippen LogP contribution in [0.1, 0.15) is 0 Å². The zero-order valence-corrected chi connectivity index (χ0v) is 15.3. The number of benzene rings is 1. The second-order valence-corrected chi connectivity index (χ2v) is 6.13. The number of methoxy groups -OCH3 is 1. The molecule has 1 aromatic heterocycles. The van der Waals surface area contributed by atoms with Crippen LogP contribution in [0, 0.1) is 0 Å². The van der Waals surface area contributed by atoms with Crippen LogP contribution in [0.15, 0.2) is 36.4 Å². The van der Waals surface area contributed by atoms with Gasteiger partial charge in [0.25, 0.3) is 0 Å². The van der Waals surface area contributed by atoms with E-state index in [0.717, 1.165) is 56.5 Å². The third-order valence-corrected chi connectivity index (χ3v) is 4.22. The van der Waals surface area contributed by atoms with Crippen molar-refractivity contribution in [3.63, 3.8) is 0 Å². The fourth-order valence-electron chi connectivity index (χ4n) is 2.81. The van der Waals surface area contributed by atoms with Crippen LogP contribution >= 0.6 is 0 Å². The number of rotatable bonds is 9. The highest BCUT2D eigenvalue weighted by Gasteiger charge is 2.10. The third-order valence-electron chi connectivity index (χ3n) is 4.22. The van der Waals surface area contributed by atoms with E-state index < -0.39 is 0 Å². The summed E-state index contributed by atoms with van der Waals surface area (Å²) >= 11 is 0. The lowest BCUT2D eigenvalue weighted by Gasteiger charge is -2.26. The maximum absolute atomic E-state index is 5.39. The largest absolute Gasteiger partial charge is 0.383 e. The summed E-state index contributed by atoms with van der Waals surface area (Å²) in [6.45, 7) is 6.71. The summed E-state index contributed by atoms with van der Waals surface area (Å²) < 4.78 is 10.5. The number of morpholine rings is 1. The van der Waals surface area contributed by atoms with Crippen LogP contribution in [0.2, 0.25) is 0 Å². The molecule has 0 bridgehead atoms. The molecule has 0 spiro atoms. The molecule has 2 heterocycles. The molecule has 0 unspecified atom stereocenters. The van der Waals surface area contributed by atoms with Crippen LogP contribution in [0.5, 0.6) is 0 Å². The zero-order chi connectivity index (χ0) is 18.0. The van der Waals surface area contributed by atoms with Gasteiger partial charge in [-0.15, -0.1) is 0 Å². The van der Waals surface area contributed by atoms with Crippen molar-refractivity contribution >= 4 is 11.8 Å². The van der Waals surface area contributed by atoms with E-state index in [0.29, 0.717) is 19.1 Å². The molecule has 0 aliphatic carbocycles. The van der Waals surface area contributed by atoms with Crippen molar-refractivity contribution in [1.82, 2.24) is 14.9 Å². The van der Waals surface area contributed by atoms with Crippen LogP contribution in [0.4, 0.5) is 11.8 Å². The first-order valence-corrected chi connectivity index (χ1v) is 9.06. The maximum Gasteiger partial charge on any atom is 0.225 e. The molecule has 1 fully saturated rings. The SMILES string of the molecule is COCCNc1nc(NCCN2CCOCC2)cc(-c2ccccc2)n1. The second kappa shape index (κ2) is 10.1. The van der Waals surface area contributed by atoms with E-state index in [-0.39, 0.29) is 0 Å². The first kappa shape index (κ1) is 18.6. The van der Waals surface area contributed by atoms with E-state index in [9.17, 15) is 0 Å². The Labute approximate surface area is 154 Å². The Morgan fingerprint density at radius 3 is 2.65 bits per heavy atom. The number of nitrogens with zero attached hydrogens (tertiary/aromatic N) is 3. The van der Waals surface area contributed by atoms with Gasteiger partial charge in [-0.3, -0.25) is 4.90 Å². The van der Waals surface area contributed by atoms with Crippen LogP contribution < -0.4 is 10.6 Å². The van der Waals surface area contributed by atoms with E-state index in [4.69, 9.17) is 9.47 Å². The number of hydrogen-bond acceptors (Lipinski definition) is 7. The Bertz CT molecular complexity index is 662. The van der Waals surface area contributed by atoms with E-state index in [2.05, 4.69) is 37.6 Å². The standard InChI is InChI=1S/C19H27N5O2/c1-25-12-8-21-19-22-17(16-5-3-2-4-6-16)15-18(23-19)20-7-9-24-10-13-26-14-11-24/h2-6,15H,7-14H2,1H3,(H2,20,21,22,23). The molecular weight excluding hydrogens is 330 g/mol. The molecular formula is C19H27N5O2. The monoisotopic (exact) mass is 357 g/mol. The van der Waals surface area contributed by atoms with Crippen molar-refractivity contribution in [2.45, 2.75) is 0 Å². The molecule has 7 nitrogen and oxygen atoms in total. The number of anilines is 2. The number of nitrogens with one attached hydrogen (secondary N) is 2. The number of ether oxygens (including phenoxy) is 2. The van der Waals surface area contributed by atoms with Gasteiger partial charge in [0, 0.05) is 51.5 Å². The predicted molar refractivity (Wildman–Crippen MR) is 104 cm³/mol. The minimum Gasteiger partial charge on any atom is -0.383 e. The van der Waals surface area contributed by atoms with Gasteiger partial charge in [0.2, 0.25) is 5.95 Å². The molecule has 2 N–H and O–H groups in total. The first-order chi connectivity index (χ1) is 12.8. The molecule has 1 aliphatic heterocycles. The first-order valence-electron chi connectivity index (χ1n) is 9.06. The summed E-state index contributed by atoms with van der Waals surface area (Å²) in [7, 11) is 1.68. The molecule has 3 rings (SSSR count). The van der Waals surface area contributed by atoms with Gasteiger partial charge in [-0.05, 0) is 0 Å². The minimum atomic E-state index is 0.609. The second-order valence-electron chi connectivity index (χ2n) is 6.13. The van der Waals surface area contributed by atoms with Gasteiger partial charge in [0.05, 0.1) is 25.5 Å². The molecule has 1 aromatic carbocycles. The van der Waals surface area contributed by atoms with Gasteiger partial charge < -0.3 is 20.1 Å². The predicted octanol–water partition coefficient (Wildman–Crippen LogP) is 1.95. The summed E-state index contributed by atoms with van der Waals surface area (Å²) in [6.07, 6.45) is 0. The molecule has 1 saturated heterocycles. The van der Waals surface area contributed by atoms with E-state index in [1.807, 2.05) is 24.3 Å². The van der Waals surface area contributed by atoms with Crippen molar-refractivity contribution < 1.29 is 9.47 Å². The highest BCUT2D eigenvalue weighted by atomic mass is 16.5. The van der Waals surface area contributed by atoms with E-state index in [1.165, 1.54) is 0 Å². The molecule has 2 aromatic rings. The molecule has 0 atom stereocenters. The molecule has 0 saturated carbocycles. The van der Waals surface area contributed by atoms with Gasteiger partial charge >= 0.3 is 0 Å². The summed E-state index contributed by atoms with van der Waals surface area (Å²) in [6, 6.07) is 12.1. The molecule has 1 aliphatic rings. The van der Waals surface area contributed by atoms with Crippen LogP contribution in [0.3, 0.4) is 0 Å². The molecule has 26 heavy (non-hydrogen) atoms. The number of hydrogen-bond donors (Lipinski definition) is 2. The smallest absolute Gasteiger partial charge is 0.225 e. The lowest BCUT2D eigenvalue weighted by atomic mass is 10.1. The van der Waals surface area contributed by atoms with Crippen molar-refractivity contribution in [2.75, 3.05) is 70.3 Å². The van der Waals surface area contributed by atoms with Crippen molar-refractivity contribution in [3.8, 4) is 11.3 Å². The van der Waals surface area contributed by atoms with Gasteiger partial charge in [0.1, 0.15) is 5.82 Å². The van der Waals surface area contributed by atoms with Gasteiger partial charge in [0.15, 0.2) is 0 Å². The van der Waals surface area contributed by atoms with Crippen LogP contribution in [-0.4, -0.2) is 74.5 Å². The average Bonchev–Trinajstić information content (AvgIpc) is 2.70. The molecule has 0 radical (unpaired) electrons. The molecule has 7 heteroatoms. The summed E-state index contributed by atoms with van der Waals surface area (Å²) in [5.74, 6) is 1.43. The van der Waals surface area contributed by atoms with Gasteiger partial charge in [-0.1, -0.05) is 30.3 Å². The Morgan fingerprint density at radius 2 is 1.88 bits per heavy atom. The Morgan fingerprint density at radius 1 is 1.08 bits per heavy atom. The lowest BCUT2D eigenvalue weighted by molar-refractivity contribution is 0.0398. The maximum atomic E-state index is 5.39. The van der Waals surface area contributed by atoms with Crippen molar-refractivity contribution in [2.24, 2.45) is 0 Å². The molecule has 140 valence electrons. The van der Waals surface area contributed by atoms with Crippen molar-refractivity contribution in [3.05, 3.63) is 36.4 Å². The lowest BCUT2D eigenvalue weighted by Crippen LogP contribution is -2.39. The third kappa shape index (κ3) is 5.66. The van der Waals surface area contributed by atoms with Gasteiger partial charge in [-0.25, -0.2) is 4.98 Å². The fourth-order valence-corrected chi connectivity index (χ4v) is 2.81. The topological polar surface area (TPSA) is 71.5 Å². The quantitative estimate of drug-likeness (QED) is 0.665. The van der Waals surface area contributed by atoms with Crippen LogP contribution in [-0.2, 0) is 9.47 Å². The van der Waals surface area contributed by atoms with Crippen molar-refractivity contribution in [1.29, 1.82) is 0 Å². The average molecular weight is 357 g/mol. The summed E-state index contributed by atoms with van der Waals surface area (Å²) in [5.41, 5.74) is 1.97. The zero-order valence-electron chi connectivity index (χ0n) is 15.3. The number of aromatic nitrogens is 2.